The van der Waals surface area contributed by atoms with Gasteiger partial charge in [-0.1, -0.05) is 12.1 Å². The minimum absolute atomic E-state index is 0.110. The van der Waals surface area contributed by atoms with E-state index >= 15 is 0 Å². The Morgan fingerprint density at radius 1 is 1.17 bits per heavy atom. The number of carboxylic acid groups (broad SMARTS) is 1. The molecule has 1 aromatic carbocycles. The Labute approximate surface area is 163 Å². The maximum atomic E-state index is 12.8. The predicted octanol–water partition coefficient (Wildman–Crippen LogP) is 3.87. The molecular formula is C19H16F3N5O2. The number of benzene rings is 1. The van der Waals surface area contributed by atoms with Gasteiger partial charge in [0.15, 0.2) is 5.82 Å². The van der Waals surface area contributed by atoms with Crippen molar-refractivity contribution in [1.82, 2.24) is 20.1 Å². The SMILES string of the molecule is O=C(O)N1CC[C@H](Nc2nnc(-c3ccc(C(F)(F)F)cc3)c3ncccc23)C1. The molecule has 1 aliphatic heterocycles. The minimum atomic E-state index is -4.41. The number of likely N-dealkylation sites (tertiary alicyclic amines) is 1. The summed E-state index contributed by atoms with van der Waals surface area (Å²) in [4.78, 5) is 16.7. The molecule has 1 atom stereocenters. The number of rotatable bonds is 3. The molecule has 10 heteroatoms. The summed E-state index contributed by atoms with van der Waals surface area (Å²) < 4.78 is 38.4. The van der Waals surface area contributed by atoms with Gasteiger partial charge < -0.3 is 15.3 Å². The fraction of sp³-hybridized carbons (Fsp3) is 0.263. The maximum absolute atomic E-state index is 12.8. The number of aromatic nitrogens is 3. The molecule has 0 unspecified atom stereocenters. The van der Waals surface area contributed by atoms with Crippen LogP contribution in [0.4, 0.5) is 23.8 Å². The number of halogens is 3. The van der Waals surface area contributed by atoms with Gasteiger partial charge in [-0.2, -0.15) is 13.2 Å². The van der Waals surface area contributed by atoms with E-state index in [0.717, 1.165) is 12.1 Å². The quantitative estimate of drug-likeness (QED) is 0.690. The number of hydrogen-bond acceptors (Lipinski definition) is 5. The molecule has 1 saturated heterocycles. The zero-order chi connectivity index (χ0) is 20.6. The lowest BCUT2D eigenvalue weighted by molar-refractivity contribution is -0.137. The Bertz CT molecular complexity index is 1060. The molecule has 0 spiro atoms. The molecule has 7 nitrogen and oxygen atoms in total. The first-order valence-electron chi connectivity index (χ1n) is 8.86. The predicted molar refractivity (Wildman–Crippen MR) is 99.4 cm³/mol. The molecule has 29 heavy (non-hydrogen) atoms. The van der Waals surface area contributed by atoms with E-state index in [0.29, 0.717) is 47.5 Å². The molecule has 1 fully saturated rings. The molecule has 0 saturated carbocycles. The van der Waals surface area contributed by atoms with Crippen molar-refractivity contribution in [2.45, 2.75) is 18.6 Å². The zero-order valence-electron chi connectivity index (χ0n) is 15.0. The van der Waals surface area contributed by atoms with E-state index in [2.05, 4.69) is 20.5 Å². The first-order chi connectivity index (χ1) is 13.8. The van der Waals surface area contributed by atoms with E-state index in [1.54, 1.807) is 18.3 Å². The molecule has 150 valence electrons. The van der Waals surface area contributed by atoms with Gasteiger partial charge in [0.25, 0.3) is 0 Å². The summed E-state index contributed by atoms with van der Waals surface area (Å²) in [6.45, 7) is 0.764. The minimum Gasteiger partial charge on any atom is -0.465 e. The molecule has 3 heterocycles. The second-order valence-electron chi connectivity index (χ2n) is 6.73. The summed E-state index contributed by atoms with van der Waals surface area (Å²) in [6, 6.07) is 8.08. The summed E-state index contributed by atoms with van der Waals surface area (Å²) >= 11 is 0. The average Bonchev–Trinajstić information content (AvgIpc) is 3.17. The van der Waals surface area contributed by atoms with Crippen LogP contribution in [0.5, 0.6) is 0 Å². The number of anilines is 1. The van der Waals surface area contributed by atoms with Gasteiger partial charge in [0.05, 0.1) is 5.56 Å². The van der Waals surface area contributed by atoms with Gasteiger partial charge in [-0.3, -0.25) is 4.98 Å². The van der Waals surface area contributed by atoms with Crippen LogP contribution in [0.25, 0.3) is 22.2 Å². The summed E-state index contributed by atoms with van der Waals surface area (Å²) in [7, 11) is 0. The lowest BCUT2D eigenvalue weighted by Gasteiger charge is -2.16. The van der Waals surface area contributed by atoms with Gasteiger partial charge in [-0.15, -0.1) is 10.2 Å². The van der Waals surface area contributed by atoms with E-state index in [4.69, 9.17) is 5.11 Å². The normalized spacial score (nSPS) is 16.9. The fourth-order valence-corrected chi connectivity index (χ4v) is 3.35. The van der Waals surface area contributed by atoms with Gasteiger partial charge in [-0.25, -0.2) is 4.79 Å². The highest BCUT2D eigenvalue weighted by Gasteiger charge is 2.30. The summed E-state index contributed by atoms with van der Waals surface area (Å²) in [5.74, 6) is 0.459. The van der Waals surface area contributed by atoms with E-state index in [9.17, 15) is 18.0 Å². The third-order valence-electron chi connectivity index (χ3n) is 4.82. The lowest BCUT2D eigenvalue weighted by Crippen LogP contribution is -2.30. The number of amides is 1. The summed E-state index contributed by atoms with van der Waals surface area (Å²) in [5.41, 5.74) is 0.601. The number of carbonyl (C=O) groups is 1. The second-order valence-corrected chi connectivity index (χ2v) is 6.73. The van der Waals surface area contributed by atoms with Crippen molar-refractivity contribution in [3.63, 3.8) is 0 Å². The van der Waals surface area contributed by atoms with Crippen LogP contribution in [0.3, 0.4) is 0 Å². The highest BCUT2D eigenvalue weighted by molar-refractivity contribution is 5.97. The van der Waals surface area contributed by atoms with E-state index < -0.39 is 17.8 Å². The van der Waals surface area contributed by atoms with Crippen LogP contribution in [0.2, 0.25) is 0 Å². The van der Waals surface area contributed by atoms with Crippen molar-refractivity contribution >= 4 is 22.8 Å². The largest absolute Gasteiger partial charge is 0.465 e. The van der Waals surface area contributed by atoms with Gasteiger partial charge >= 0.3 is 12.3 Å². The number of hydrogen-bond donors (Lipinski definition) is 2. The Kier molecular flexibility index (Phi) is 4.69. The van der Waals surface area contributed by atoms with E-state index in [1.165, 1.54) is 17.0 Å². The van der Waals surface area contributed by atoms with Crippen LogP contribution in [-0.2, 0) is 6.18 Å². The van der Waals surface area contributed by atoms with Crippen molar-refractivity contribution in [3.05, 3.63) is 48.2 Å². The number of fused-ring (bicyclic) bond motifs is 1. The Morgan fingerprint density at radius 2 is 1.93 bits per heavy atom. The smallest absolute Gasteiger partial charge is 0.416 e. The number of nitrogens with one attached hydrogen (secondary N) is 1. The highest BCUT2D eigenvalue weighted by Crippen LogP contribution is 2.33. The number of alkyl halides is 3. The molecule has 2 aromatic heterocycles. The standard InChI is InChI=1S/C19H16F3N5O2/c20-19(21,22)12-5-3-11(4-6-12)15-16-14(2-1-8-23-16)17(26-25-15)24-13-7-9-27(10-13)18(28)29/h1-6,8,13H,7,9-10H2,(H,24,26)(H,28,29)/t13-/m0/s1. The lowest BCUT2D eigenvalue weighted by atomic mass is 10.1. The van der Waals surface area contributed by atoms with Crippen LogP contribution in [0, 0.1) is 0 Å². The topological polar surface area (TPSA) is 91.2 Å². The average molecular weight is 403 g/mol. The fourth-order valence-electron chi connectivity index (χ4n) is 3.35. The third kappa shape index (κ3) is 3.78. The summed E-state index contributed by atoms with van der Waals surface area (Å²) in [5, 5.41) is 21.3. The van der Waals surface area contributed by atoms with Gasteiger partial charge in [-0.05, 0) is 30.7 Å². The molecular weight excluding hydrogens is 387 g/mol. The molecule has 0 radical (unpaired) electrons. The Hall–Kier alpha value is -3.43. The van der Waals surface area contributed by atoms with Crippen LogP contribution < -0.4 is 5.32 Å². The molecule has 3 aromatic rings. The van der Waals surface area contributed by atoms with Crippen molar-refractivity contribution in [2.24, 2.45) is 0 Å². The van der Waals surface area contributed by atoms with Crippen LogP contribution >= 0.6 is 0 Å². The van der Waals surface area contributed by atoms with Crippen LogP contribution in [0.1, 0.15) is 12.0 Å². The zero-order valence-corrected chi connectivity index (χ0v) is 15.0. The first kappa shape index (κ1) is 18.9. The Balaban J connectivity index is 1.66. The number of nitrogens with zero attached hydrogens (tertiary/aromatic N) is 4. The van der Waals surface area contributed by atoms with Gasteiger partial charge in [0, 0.05) is 36.3 Å². The third-order valence-corrected chi connectivity index (χ3v) is 4.82. The second kappa shape index (κ2) is 7.19. The molecule has 0 aliphatic carbocycles. The van der Waals surface area contributed by atoms with Crippen LogP contribution in [0.15, 0.2) is 42.6 Å². The molecule has 1 aliphatic rings. The molecule has 1 amide bonds. The molecule has 2 N–H and O–H groups in total. The van der Waals surface area contributed by atoms with E-state index in [1.807, 2.05) is 0 Å². The summed E-state index contributed by atoms with van der Waals surface area (Å²) in [6.07, 6.45) is -3.17. The van der Waals surface area contributed by atoms with Gasteiger partial charge in [0.2, 0.25) is 0 Å². The van der Waals surface area contributed by atoms with Crippen molar-refractivity contribution in [1.29, 1.82) is 0 Å². The Morgan fingerprint density at radius 3 is 2.59 bits per heavy atom. The van der Waals surface area contributed by atoms with Crippen molar-refractivity contribution in [3.8, 4) is 11.3 Å². The monoisotopic (exact) mass is 403 g/mol. The van der Waals surface area contributed by atoms with Crippen molar-refractivity contribution < 1.29 is 23.1 Å². The van der Waals surface area contributed by atoms with Crippen molar-refractivity contribution in [2.75, 3.05) is 18.4 Å². The molecule has 0 bridgehead atoms. The van der Waals surface area contributed by atoms with Gasteiger partial charge in [0.1, 0.15) is 11.2 Å². The maximum Gasteiger partial charge on any atom is 0.416 e. The number of pyridine rings is 1. The highest BCUT2D eigenvalue weighted by atomic mass is 19.4. The first-order valence-corrected chi connectivity index (χ1v) is 8.86. The molecule has 4 rings (SSSR count). The van der Waals surface area contributed by atoms with E-state index in [-0.39, 0.29) is 6.04 Å². The van der Waals surface area contributed by atoms with Crippen LogP contribution in [-0.4, -0.2) is 50.4 Å².